The zero-order valence-corrected chi connectivity index (χ0v) is 10.6. The van der Waals surface area contributed by atoms with Crippen molar-refractivity contribution >= 4 is 27.7 Å². The molecule has 1 aromatic heterocycles. The van der Waals surface area contributed by atoms with Crippen LogP contribution < -0.4 is 0 Å². The minimum Gasteiger partial charge on any atom is -0.244 e. The van der Waals surface area contributed by atoms with E-state index in [9.17, 15) is 0 Å². The van der Waals surface area contributed by atoms with Gasteiger partial charge in [-0.2, -0.15) is 5.26 Å². The van der Waals surface area contributed by atoms with Gasteiger partial charge < -0.3 is 0 Å². The molecule has 0 fully saturated rings. The molecule has 0 radical (unpaired) electrons. The molecule has 0 saturated heterocycles. The molecule has 0 N–H and O–H groups in total. The van der Waals surface area contributed by atoms with E-state index in [2.05, 4.69) is 27.0 Å². The third-order valence-corrected chi connectivity index (χ3v) is 3.43. The largest absolute Gasteiger partial charge is 0.244 e. The molecule has 0 unspecified atom stereocenters. The standard InChI is InChI=1S/C12H7BrN2S/c13-9-3-1-4-10(7-9)16-12-5-2-6-15-11(12)8-14/h1-7H. The van der Waals surface area contributed by atoms with Crippen molar-refractivity contribution in [3.8, 4) is 6.07 Å². The normalized spacial score (nSPS) is 9.75. The summed E-state index contributed by atoms with van der Waals surface area (Å²) in [5.41, 5.74) is 0.465. The summed E-state index contributed by atoms with van der Waals surface area (Å²) in [6, 6.07) is 13.8. The molecule has 1 aromatic carbocycles. The van der Waals surface area contributed by atoms with Gasteiger partial charge in [-0.1, -0.05) is 33.8 Å². The highest BCUT2D eigenvalue weighted by Crippen LogP contribution is 2.30. The van der Waals surface area contributed by atoms with Crippen LogP contribution in [-0.2, 0) is 0 Å². The number of nitriles is 1. The second-order valence-electron chi connectivity index (χ2n) is 3.02. The fourth-order valence-electron chi connectivity index (χ4n) is 1.21. The molecular formula is C12H7BrN2S. The van der Waals surface area contributed by atoms with Gasteiger partial charge in [-0.05, 0) is 30.3 Å². The maximum Gasteiger partial charge on any atom is 0.154 e. The van der Waals surface area contributed by atoms with Gasteiger partial charge in [0.2, 0.25) is 0 Å². The molecule has 2 aromatic rings. The van der Waals surface area contributed by atoms with Crippen LogP contribution in [0.4, 0.5) is 0 Å². The van der Waals surface area contributed by atoms with E-state index < -0.39 is 0 Å². The van der Waals surface area contributed by atoms with Gasteiger partial charge in [-0.15, -0.1) is 0 Å². The zero-order chi connectivity index (χ0) is 11.4. The van der Waals surface area contributed by atoms with E-state index >= 15 is 0 Å². The number of hydrogen-bond acceptors (Lipinski definition) is 3. The minimum atomic E-state index is 0.465. The van der Waals surface area contributed by atoms with Crippen molar-refractivity contribution in [1.82, 2.24) is 4.98 Å². The Hall–Kier alpha value is -1.31. The van der Waals surface area contributed by atoms with E-state index in [-0.39, 0.29) is 0 Å². The van der Waals surface area contributed by atoms with Crippen molar-refractivity contribution in [1.29, 1.82) is 5.26 Å². The highest BCUT2D eigenvalue weighted by Gasteiger charge is 2.04. The lowest BCUT2D eigenvalue weighted by molar-refractivity contribution is 1.17. The fraction of sp³-hybridized carbons (Fsp3) is 0. The monoisotopic (exact) mass is 290 g/mol. The molecule has 0 aliphatic heterocycles. The van der Waals surface area contributed by atoms with Crippen LogP contribution in [0.5, 0.6) is 0 Å². The molecular weight excluding hydrogens is 284 g/mol. The Morgan fingerprint density at radius 2 is 2.12 bits per heavy atom. The van der Waals surface area contributed by atoms with Gasteiger partial charge in [-0.3, -0.25) is 0 Å². The number of nitrogens with zero attached hydrogens (tertiary/aromatic N) is 2. The van der Waals surface area contributed by atoms with Crippen LogP contribution in [-0.4, -0.2) is 4.98 Å². The molecule has 0 aliphatic carbocycles. The minimum absolute atomic E-state index is 0.465. The van der Waals surface area contributed by atoms with Crippen LogP contribution in [0, 0.1) is 11.3 Å². The van der Waals surface area contributed by atoms with Gasteiger partial charge in [0.15, 0.2) is 5.69 Å². The Morgan fingerprint density at radius 3 is 2.88 bits per heavy atom. The second kappa shape index (κ2) is 5.15. The summed E-state index contributed by atoms with van der Waals surface area (Å²) in [5, 5.41) is 8.92. The average molecular weight is 291 g/mol. The van der Waals surface area contributed by atoms with E-state index in [0.29, 0.717) is 5.69 Å². The van der Waals surface area contributed by atoms with Gasteiger partial charge in [-0.25, -0.2) is 4.98 Å². The third kappa shape index (κ3) is 2.63. The molecule has 4 heteroatoms. The molecule has 2 nitrogen and oxygen atoms in total. The number of aromatic nitrogens is 1. The smallest absolute Gasteiger partial charge is 0.154 e. The second-order valence-corrected chi connectivity index (χ2v) is 5.05. The summed E-state index contributed by atoms with van der Waals surface area (Å²) in [5.74, 6) is 0. The number of rotatable bonds is 2. The lowest BCUT2D eigenvalue weighted by Crippen LogP contribution is -1.85. The van der Waals surface area contributed by atoms with E-state index in [0.717, 1.165) is 14.3 Å². The van der Waals surface area contributed by atoms with E-state index in [4.69, 9.17) is 5.26 Å². The van der Waals surface area contributed by atoms with Crippen LogP contribution in [0.2, 0.25) is 0 Å². The molecule has 0 amide bonds. The molecule has 0 aliphatic rings. The summed E-state index contributed by atoms with van der Waals surface area (Å²) >= 11 is 4.96. The molecule has 16 heavy (non-hydrogen) atoms. The fourth-order valence-corrected chi connectivity index (χ4v) is 2.69. The lowest BCUT2D eigenvalue weighted by atomic mass is 10.4. The van der Waals surface area contributed by atoms with Gasteiger partial charge in [0.05, 0.1) is 0 Å². The van der Waals surface area contributed by atoms with Gasteiger partial charge in [0.1, 0.15) is 6.07 Å². The number of benzene rings is 1. The Morgan fingerprint density at radius 1 is 1.25 bits per heavy atom. The van der Waals surface area contributed by atoms with Gasteiger partial charge in [0.25, 0.3) is 0 Å². The van der Waals surface area contributed by atoms with Crippen molar-refractivity contribution in [2.24, 2.45) is 0 Å². The molecule has 0 saturated carbocycles. The lowest BCUT2D eigenvalue weighted by Gasteiger charge is -2.02. The van der Waals surface area contributed by atoms with Crippen molar-refractivity contribution < 1.29 is 0 Å². The highest BCUT2D eigenvalue weighted by atomic mass is 79.9. The number of pyridine rings is 1. The summed E-state index contributed by atoms with van der Waals surface area (Å²) in [7, 11) is 0. The first-order valence-corrected chi connectivity index (χ1v) is 6.19. The van der Waals surface area contributed by atoms with Crippen LogP contribution in [0.25, 0.3) is 0 Å². The van der Waals surface area contributed by atoms with E-state index in [1.807, 2.05) is 36.4 Å². The first-order chi connectivity index (χ1) is 7.79. The first kappa shape index (κ1) is 11.2. The van der Waals surface area contributed by atoms with Crippen molar-refractivity contribution in [2.45, 2.75) is 9.79 Å². The SMILES string of the molecule is N#Cc1ncccc1Sc1cccc(Br)c1. The van der Waals surface area contributed by atoms with E-state index in [1.165, 1.54) is 11.8 Å². The summed E-state index contributed by atoms with van der Waals surface area (Å²) < 4.78 is 1.03. The maximum atomic E-state index is 8.92. The Kier molecular flexibility index (Phi) is 3.60. The van der Waals surface area contributed by atoms with E-state index in [1.54, 1.807) is 6.20 Å². The van der Waals surface area contributed by atoms with Crippen molar-refractivity contribution in [3.05, 3.63) is 52.8 Å². The predicted molar refractivity (Wildman–Crippen MR) is 67.2 cm³/mol. The highest BCUT2D eigenvalue weighted by molar-refractivity contribution is 9.10. The third-order valence-electron chi connectivity index (χ3n) is 1.90. The molecule has 0 atom stereocenters. The molecule has 1 heterocycles. The molecule has 0 spiro atoms. The number of hydrogen-bond donors (Lipinski definition) is 0. The van der Waals surface area contributed by atoms with Gasteiger partial charge in [0, 0.05) is 20.5 Å². The van der Waals surface area contributed by atoms with Crippen molar-refractivity contribution in [3.63, 3.8) is 0 Å². The number of halogens is 1. The maximum absolute atomic E-state index is 8.92. The van der Waals surface area contributed by atoms with Crippen LogP contribution >= 0.6 is 27.7 Å². The summed E-state index contributed by atoms with van der Waals surface area (Å²) in [6.07, 6.45) is 1.63. The van der Waals surface area contributed by atoms with Gasteiger partial charge >= 0.3 is 0 Å². The quantitative estimate of drug-likeness (QED) is 0.842. The zero-order valence-electron chi connectivity index (χ0n) is 8.22. The summed E-state index contributed by atoms with van der Waals surface area (Å²) in [6.45, 7) is 0. The topological polar surface area (TPSA) is 36.7 Å². The Bertz CT molecular complexity index is 549. The predicted octanol–water partition coefficient (Wildman–Crippen LogP) is 3.87. The molecule has 78 valence electrons. The Labute approximate surface area is 106 Å². The van der Waals surface area contributed by atoms with Crippen LogP contribution in [0.3, 0.4) is 0 Å². The van der Waals surface area contributed by atoms with Crippen LogP contribution in [0.1, 0.15) is 5.69 Å². The average Bonchev–Trinajstić information content (AvgIpc) is 2.30. The molecule has 0 bridgehead atoms. The van der Waals surface area contributed by atoms with Crippen molar-refractivity contribution in [2.75, 3.05) is 0 Å². The van der Waals surface area contributed by atoms with Crippen LogP contribution in [0.15, 0.2) is 56.9 Å². The summed E-state index contributed by atoms with van der Waals surface area (Å²) in [4.78, 5) is 5.98. The molecule has 2 rings (SSSR count). The first-order valence-electron chi connectivity index (χ1n) is 4.58. The Balaban J connectivity index is 2.31.